The monoisotopic (exact) mass is 206 g/mol. The van der Waals surface area contributed by atoms with E-state index in [1.807, 2.05) is 6.92 Å². The van der Waals surface area contributed by atoms with E-state index in [2.05, 4.69) is 10.1 Å². The summed E-state index contributed by atoms with van der Waals surface area (Å²) < 4.78 is 4.92. The van der Waals surface area contributed by atoms with Crippen molar-refractivity contribution in [2.45, 2.75) is 13.3 Å². The van der Waals surface area contributed by atoms with Crippen LogP contribution in [0.5, 0.6) is 11.5 Å². The Kier molecular flexibility index (Phi) is 2.29. The molecule has 0 aliphatic carbocycles. The number of aromatic nitrogens is 2. The van der Waals surface area contributed by atoms with Crippen molar-refractivity contribution in [2.24, 2.45) is 0 Å². The first-order valence-corrected chi connectivity index (χ1v) is 4.56. The molecule has 0 fully saturated rings. The van der Waals surface area contributed by atoms with Gasteiger partial charge in [-0.05, 0) is 12.1 Å². The van der Waals surface area contributed by atoms with Crippen LogP contribution in [0.3, 0.4) is 0 Å². The molecule has 1 aromatic carbocycles. The van der Waals surface area contributed by atoms with Gasteiger partial charge >= 0.3 is 0 Å². The molecule has 0 spiro atoms. The second kappa shape index (κ2) is 3.61. The van der Waals surface area contributed by atoms with Gasteiger partial charge in [-0.1, -0.05) is 18.1 Å². The molecule has 2 aromatic rings. The molecule has 1 heterocycles. The number of aromatic hydroxyl groups is 2. The van der Waals surface area contributed by atoms with E-state index in [-0.39, 0.29) is 23.0 Å². The fourth-order valence-electron chi connectivity index (χ4n) is 1.25. The Bertz CT molecular complexity index is 459. The average Bonchev–Trinajstić information content (AvgIpc) is 2.66. The number of phenolic OH excluding ortho intramolecular Hbond substituents is 2. The Morgan fingerprint density at radius 1 is 1.27 bits per heavy atom. The zero-order valence-electron chi connectivity index (χ0n) is 8.14. The minimum Gasteiger partial charge on any atom is -0.507 e. The lowest BCUT2D eigenvalue weighted by Gasteiger charge is -2.00. The zero-order chi connectivity index (χ0) is 10.8. The van der Waals surface area contributed by atoms with E-state index >= 15 is 0 Å². The Hall–Kier alpha value is -2.04. The number of aryl methyl sites for hydroxylation is 1. The molecular weight excluding hydrogens is 196 g/mol. The van der Waals surface area contributed by atoms with Crippen molar-refractivity contribution in [1.82, 2.24) is 10.1 Å². The number of phenols is 2. The Balaban J connectivity index is 2.53. The van der Waals surface area contributed by atoms with Crippen molar-refractivity contribution < 1.29 is 14.7 Å². The van der Waals surface area contributed by atoms with E-state index in [1.165, 1.54) is 18.2 Å². The molecule has 2 rings (SSSR count). The second-order valence-electron chi connectivity index (χ2n) is 3.04. The fraction of sp³-hybridized carbons (Fsp3) is 0.200. The maximum Gasteiger partial charge on any atom is 0.265 e. The molecule has 0 aliphatic heterocycles. The second-order valence-corrected chi connectivity index (χ2v) is 3.04. The number of rotatable bonds is 2. The lowest BCUT2D eigenvalue weighted by Crippen LogP contribution is -1.83. The van der Waals surface area contributed by atoms with Gasteiger partial charge in [-0.25, -0.2) is 0 Å². The Labute approximate surface area is 86.0 Å². The highest BCUT2D eigenvalue weighted by Gasteiger charge is 2.16. The zero-order valence-corrected chi connectivity index (χ0v) is 8.14. The van der Waals surface area contributed by atoms with E-state index in [0.717, 1.165) is 0 Å². The van der Waals surface area contributed by atoms with Crippen LogP contribution in [0.2, 0.25) is 0 Å². The molecule has 5 heteroatoms. The van der Waals surface area contributed by atoms with Crippen LogP contribution in [0.1, 0.15) is 12.7 Å². The highest BCUT2D eigenvalue weighted by molar-refractivity contribution is 5.69. The molecule has 0 saturated carbocycles. The van der Waals surface area contributed by atoms with Crippen LogP contribution in [-0.2, 0) is 6.42 Å². The maximum atomic E-state index is 9.54. The highest BCUT2D eigenvalue weighted by atomic mass is 16.5. The van der Waals surface area contributed by atoms with Crippen LogP contribution in [-0.4, -0.2) is 20.4 Å². The molecule has 0 bridgehead atoms. The lowest BCUT2D eigenvalue weighted by atomic mass is 10.2. The average molecular weight is 206 g/mol. The van der Waals surface area contributed by atoms with E-state index in [9.17, 15) is 10.2 Å². The van der Waals surface area contributed by atoms with Crippen LogP contribution >= 0.6 is 0 Å². The molecule has 0 amide bonds. The van der Waals surface area contributed by atoms with Gasteiger partial charge in [-0.3, -0.25) is 0 Å². The van der Waals surface area contributed by atoms with Crippen LogP contribution in [0, 0.1) is 0 Å². The molecule has 0 atom stereocenters. The first-order valence-electron chi connectivity index (χ1n) is 4.56. The van der Waals surface area contributed by atoms with Gasteiger partial charge in [0.25, 0.3) is 5.89 Å². The van der Waals surface area contributed by atoms with E-state index in [1.54, 1.807) is 0 Å². The number of hydrogen-bond acceptors (Lipinski definition) is 5. The van der Waals surface area contributed by atoms with Crippen molar-refractivity contribution in [3.63, 3.8) is 0 Å². The normalized spacial score (nSPS) is 10.5. The number of hydrogen-bond donors (Lipinski definition) is 2. The largest absolute Gasteiger partial charge is 0.507 e. The number of benzene rings is 1. The van der Waals surface area contributed by atoms with Crippen molar-refractivity contribution in [3.8, 4) is 23.0 Å². The SMILES string of the molecule is CCc1noc(-c2c(O)cccc2O)n1. The highest BCUT2D eigenvalue weighted by Crippen LogP contribution is 2.35. The molecule has 0 aliphatic rings. The summed E-state index contributed by atoms with van der Waals surface area (Å²) in [6.45, 7) is 1.89. The van der Waals surface area contributed by atoms with Crippen LogP contribution in [0.25, 0.3) is 11.5 Å². The Morgan fingerprint density at radius 2 is 1.93 bits per heavy atom. The van der Waals surface area contributed by atoms with Crippen molar-refractivity contribution in [1.29, 1.82) is 0 Å². The molecule has 0 radical (unpaired) electrons. The molecule has 0 unspecified atom stereocenters. The summed E-state index contributed by atoms with van der Waals surface area (Å²) in [5, 5.41) is 22.8. The Morgan fingerprint density at radius 3 is 2.47 bits per heavy atom. The third kappa shape index (κ3) is 1.63. The van der Waals surface area contributed by atoms with Gasteiger partial charge in [-0.2, -0.15) is 4.98 Å². The van der Waals surface area contributed by atoms with Gasteiger partial charge in [0.2, 0.25) is 0 Å². The van der Waals surface area contributed by atoms with Crippen LogP contribution in [0.4, 0.5) is 0 Å². The minimum absolute atomic E-state index is 0.0821. The van der Waals surface area contributed by atoms with Crippen molar-refractivity contribution in [3.05, 3.63) is 24.0 Å². The smallest absolute Gasteiger partial charge is 0.265 e. The summed E-state index contributed by atoms with van der Waals surface area (Å²) in [4.78, 5) is 4.02. The quantitative estimate of drug-likeness (QED) is 0.781. The van der Waals surface area contributed by atoms with Gasteiger partial charge in [0.15, 0.2) is 5.82 Å². The van der Waals surface area contributed by atoms with Gasteiger partial charge in [0, 0.05) is 6.42 Å². The van der Waals surface area contributed by atoms with Crippen molar-refractivity contribution >= 4 is 0 Å². The summed E-state index contributed by atoms with van der Waals surface area (Å²) in [6.07, 6.45) is 0.637. The summed E-state index contributed by atoms with van der Waals surface area (Å²) in [5.41, 5.74) is 0.171. The van der Waals surface area contributed by atoms with Crippen LogP contribution in [0.15, 0.2) is 22.7 Å². The first kappa shape index (κ1) is 9.51. The van der Waals surface area contributed by atoms with E-state index in [0.29, 0.717) is 12.2 Å². The summed E-state index contributed by atoms with van der Waals surface area (Å²) in [7, 11) is 0. The number of nitrogens with zero attached hydrogens (tertiary/aromatic N) is 2. The molecule has 5 nitrogen and oxygen atoms in total. The third-order valence-corrected chi connectivity index (χ3v) is 2.02. The molecule has 2 N–H and O–H groups in total. The predicted molar refractivity (Wildman–Crippen MR) is 52.4 cm³/mol. The van der Waals surface area contributed by atoms with Crippen LogP contribution < -0.4 is 0 Å². The molecular formula is C10H10N2O3. The standard InChI is InChI=1S/C10H10N2O3/c1-2-8-11-10(15-12-8)9-6(13)4-3-5-7(9)14/h3-5,13-14H,2H2,1H3. The molecule has 78 valence electrons. The maximum absolute atomic E-state index is 9.54. The summed E-state index contributed by atoms with van der Waals surface area (Å²) >= 11 is 0. The van der Waals surface area contributed by atoms with Gasteiger partial charge in [0.05, 0.1) is 0 Å². The third-order valence-electron chi connectivity index (χ3n) is 2.02. The summed E-state index contributed by atoms with van der Waals surface area (Å²) in [5.74, 6) is 0.498. The summed E-state index contributed by atoms with van der Waals surface area (Å²) in [6, 6.07) is 4.43. The molecule has 0 saturated heterocycles. The minimum atomic E-state index is -0.0821. The van der Waals surface area contributed by atoms with E-state index in [4.69, 9.17) is 4.52 Å². The van der Waals surface area contributed by atoms with Gasteiger partial charge < -0.3 is 14.7 Å². The van der Waals surface area contributed by atoms with E-state index < -0.39 is 0 Å². The molecule has 1 aromatic heterocycles. The lowest BCUT2D eigenvalue weighted by molar-refractivity contribution is 0.410. The first-order chi connectivity index (χ1) is 7.22. The predicted octanol–water partition coefficient (Wildman–Crippen LogP) is 1.71. The van der Waals surface area contributed by atoms with Gasteiger partial charge in [-0.15, -0.1) is 0 Å². The van der Waals surface area contributed by atoms with Gasteiger partial charge in [0.1, 0.15) is 17.1 Å². The molecule has 15 heavy (non-hydrogen) atoms. The fourth-order valence-corrected chi connectivity index (χ4v) is 1.25. The topological polar surface area (TPSA) is 79.4 Å². The van der Waals surface area contributed by atoms with Crippen molar-refractivity contribution in [2.75, 3.05) is 0 Å².